The van der Waals surface area contributed by atoms with Crippen LogP contribution in [-0.4, -0.2) is 32.4 Å². The van der Waals surface area contributed by atoms with Crippen molar-refractivity contribution in [3.63, 3.8) is 0 Å². The molecule has 0 atom stereocenters. The topological polar surface area (TPSA) is 115 Å². The summed E-state index contributed by atoms with van der Waals surface area (Å²) in [5.41, 5.74) is 1.82. The number of carbonyl (C=O) groups is 1. The lowest BCUT2D eigenvalue weighted by atomic mass is 9.97. The molecule has 0 unspecified atom stereocenters. The van der Waals surface area contributed by atoms with Gasteiger partial charge in [-0.2, -0.15) is 9.78 Å². The number of fused-ring (bicyclic) bond motifs is 1. The van der Waals surface area contributed by atoms with Gasteiger partial charge in [0.25, 0.3) is 5.56 Å². The van der Waals surface area contributed by atoms with Crippen LogP contribution < -0.4 is 10.9 Å². The molecule has 0 fully saturated rings. The summed E-state index contributed by atoms with van der Waals surface area (Å²) >= 11 is 0. The molecule has 9 nitrogen and oxygen atoms in total. The predicted octanol–water partition coefficient (Wildman–Crippen LogP) is 2.66. The minimum Gasteiger partial charge on any atom is -0.463 e. The lowest BCUT2D eigenvalue weighted by Gasteiger charge is -2.15. The van der Waals surface area contributed by atoms with Gasteiger partial charge in [-0.15, -0.1) is 0 Å². The van der Waals surface area contributed by atoms with E-state index in [1.54, 1.807) is 25.1 Å². The second-order valence-corrected chi connectivity index (χ2v) is 6.17. The van der Waals surface area contributed by atoms with E-state index in [-0.39, 0.29) is 18.1 Å². The zero-order chi connectivity index (χ0) is 18.8. The highest BCUT2D eigenvalue weighted by Crippen LogP contribution is 2.25. The number of hydrogen-bond acceptors (Lipinski definition) is 6. The summed E-state index contributed by atoms with van der Waals surface area (Å²) in [7, 11) is 0. The summed E-state index contributed by atoms with van der Waals surface area (Å²) in [4.78, 5) is 31.7. The van der Waals surface area contributed by atoms with E-state index in [2.05, 4.69) is 20.4 Å². The number of anilines is 1. The fourth-order valence-corrected chi connectivity index (χ4v) is 3.14. The molecule has 4 rings (SSSR count). The Morgan fingerprint density at radius 1 is 1.41 bits per heavy atom. The Morgan fingerprint density at radius 2 is 2.26 bits per heavy atom. The quantitative estimate of drug-likeness (QED) is 0.730. The molecule has 0 radical (unpaired) electrons. The van der Waals surface area contributed by atoms with Gasteiger partial charge < -0.3 is 9.15 Å². The van der Waals surface area contributed by atoms with Gasteiger partial charge in [0.2, 0.25) is 5.95 Å². The average molecular weight is 369 g/mol. The molecule has 1 aliphatic rings. The number of carbonyl (C=O) groups excluding carboxylic acids is 1. The third kappa shape index (κ3) is 3.35. The second-order valence-electron chi connectivity index (χ2n) is 6.17. The number of aromatic amines is 1. The molecule has 3 heterocycles. The normalized spacial score (nSPS) is 13.2. The monoisotopic (exact) mass is 369 g/mol. The molecule has 0 saturated carbocycles. The van der Waals surface area contributed by atoms with Crippen molar-refractivity contribution >= 4 is 11.9 Å². The summed E-state index contributed by atoms with van der Waals surface area (Å²) in [5.74, 6) is 1.09. The average Bonchev–Trinajstić information content (AvgIpc) is 3.31. The van der Waals surface area contributed by atoms with Crippen molar-refractivity contribution in [3.8, 4) is 17.4 Å². The number of amides is 1. The first-order valence-electron chi connectivity index (χ1n) is 8.86. The Bertz CT molecular complexity index is 1020. The van der Waals surface area contributed by atoms with Gasteiger partial charge in [-0.05, 0) is 44.7 Å². The van der Waals surface area contributed by atoms with Crippen molar-refractivity contribution < 1.29 is 13.9 Å². The molecular weight excluding hydrogens is 350 g/mol. The van der Waals surface area contributed by atoms with Crippen LogP contribution in [0.5, 0.6) is 0 Å². The van der Waals surface area contributed by atoms with Gasteiger partial charge in [-0.1, -0.05) is 0 Å². The third-order valence-corrected chi connectivity index (χ3v) is 4.37. The van der Waals surface area contributed by atoms with Crippen LogP contribution in [0, 0.1) is 0 Å². The molecule has 140 valence electrons. The van der Waals surface area contributed by atoms with Gasteiger partial charge in [-0.25, -0.2) is 9.78 Å². The highest BCUT2D eigenvalue weighted by Gasteiger charge is 2.20. The number of aromatic nitrogens is 4. The van der Waals surface area contributed by atoms with E-state index in [4.69, 9.17) is 9.15 Å². The highest BCUT2D eigenvalue weighted by molar-refractivity contribution is 5.84. The number of hydrogen-bond donors (Lipinski definition) is 2. The van der Waals surface area contributed by atoms with Crippen LogP contribution in [-0.2, 0) is 17.6 Å². The van der Waals surface area contributed by atoms with Gasteiger partial charge >= 0.3 is 6.09 Å². The number of rotatable bonds is 4. The Balaban J connectivity index is 1.80. The van der Waals surface area contributed by atoms with Crippen molar-refractivity contribution in [1.82, 2.24) is 19.7 Å². The minimum atomic E-state index is -0.620. The fraction of sp³-hybridized carbons (Fsp3) is 0.333. The van der Waals surface area contributed by atoms with Crippen molar-refractivity contribution in [2.24, 2.45) is 0 Å². The lowest BCUT2D eigenvalue weighted by molar-refractivity contribution is 0.167. The Kier molecular flexibility index (Phi) is 4.49. The van der Waals surface area contributed by atoms with E-state index in [9.17, 15) is 9.59 Å². The van der Waals surface area contributed by atoms with Crippen LogP contribution in [0.25, 0.3) is 17.4 Å². The van der Waals surface area contributed by atoms with Crippen LogP contribution in [0.3, 0.4) is 0 Å². The fourth-order valence-electron chi connectivity index (χ4n) is 3.14. The summed E-state index contributed by atoms with van der Waals surface area (Å²) in [6.07, 6.45) is 4.36. The Morgan fingerprint density at radius 3 is 3.04 bits per heavy atom. The van der Waals surface area contributed by atoms with E-state index in [1.807, 2.05) is 0 Å². The van der Waals surface area contributed by atoms with Crippen molar-refractivity contribution in [3.05, 3.63) is 46.1 Å². The molecule has 0 bridgehead atoms. The predicted molar refractivity (Wildman–Crippen MR) is 97.0 cm³/mol. The van der Waals surface area contributed by atoms with Crippen LogP contribution >= 0.6 is 0 Å². The second kappa shape index (κ2) is 7.10. The SMILES string of the molecule is CCOC(=O)Nc1cc(-c2ccco2)nn1-c1nc2c(c(=O)[nH]1)CCCC2. The number of H-pyrrole nitrogens is 1. The molecule has 0 saturated heterocycles. The maximum absolute atomic E-state index is 12.5. The summed E-state index contributed by atoms with van der Waals surface area (Å²) in [5, 5.41) is 7.07. The summed E-state index contributed by atoms with van der Waals surface area (Å²) in [6, 6.07) is 5.13. The third-order valence-electron chi connectivity index (χ3n) is 4.37. The molecule has 0 aromatic carbocycles. The molecule has 2 N–H and O–H groups in total. The largest absolute Gasteiger partial charge is 0.463 e. The van der Waals surface area contributed by atoms with Crippen molar-refractivity contribution in [1.29, 1.82) is 0 Å². The highest BCUT2D eigenvalue weighted by atomic mass is 16.5. The molecule has 1 amide bonds. The van der Waals surface area contributed by atoms with Gasteiger partial charge in [0.05, 0.1) is 18.6 Å². The van der Waals surface area contributed by atoms with E-state index in [0.717, 1.165) is 36.9 Å². The van der Waals surface area contributed by atoms with Gasteiger partial charge in [0.1, 0.15) is 11.5 Å². The lowest BCUT2D eigenvalue weighted by Crippen LogP contribution is -2.25. The number of ether oxygens (including phenoxy) is 1. The molecule has 3 aromatic heterocycles. The minimum absolute atomic E-state index is 0.174. The molecule has 0 aliphatic heterocycles. The molecule has 1 aliphatic carbocycles. The van der Waals surface area contributed by atoms with Crippen molar-refractivity contribution in [2.45, 2.75) is 32.6 Å². The number of aryl methyl sites for hydroxylation is 1. The van der Waals surface area contributed by atoms with E-state index in [1.165, 1.54) is 10.9 Å². The molecule has 3 aromatic rings. The van der Waals surface area contributed by atoms with Crippen molar-refractivity contribution in [2.75, 3.05) is 11.9 Å². The van der Waals surface area contributed by atoms with Crippen LogP contribution in [0.2, 0.25) is 0 Å². The van der Waals surface area contributed by atoms with Crippen LogP contribution in [0.15, 0.2) is 33.7 Å². The number of nitrogens with zero attached hydrogens (tertiary/aromatic N) is 3. The first kappa shape index (κ1) is 17.1. The van der Waals surface area contributed by atoms with Crippen LogP contribution in [0.1, 0.15) is 31.0 Å². The summed E-state index contributed by atoms with van der Waals surface area (Å²) < 4.78 is 11.7. The zero-order valence-electron chi connectivity index (χ0n) is 14.8. The van der Waals surface area contributed by atoms with Gasteiger partial charge in [-0.3, -0.25) is 15.1 Å². The maximum Gasteiger partial charge on any atom is 0.412 e. The zero-order valence-corrected chi connectivity index (χ0v) is 14.8. The van der Waals surface area contributed by atoms with E-state index >= 15 is 0 Å². The number of furan rings is 1. The van der Waals surface area contributed by atoms with E-state index in [0.29, 0.717) is 17.3 Å². The standard InChI is InChI=1S/C18H19N5O4/c1-2-26-18(25)20-15-10-13(14-8-5-9-27-14)22-23(15)17-19-12-7-4-3-6-11(12)16(24)21-17/h5,8-10H,2-4,6-7H2,1H3,(H,20,25)(H,19,21,24). The molecule has 27 heavy (non-hydrogen) atoms. The molecule has 9 heteroatoms. The summed E-state index contributed by atoms with van der Waals surface area (Å²) in [6.45, 7) is 1.95. The van der Waals surface area contributed by atoms with Gasteiger partial charge in [0.15, 0.2) is 5.76 Å². The smallest absolute Gasteiger partial charge is 0.412 e. The Hall–Kier alpha value is -3.36. The van der Waals surface area contributed by atoms with Crippen LogP contribution in [0.4, 0.5) is 10.6 Å². The van der Waals surface area contributed by atoms with E-state index < -0.39 is 6.09 Å². The molecular formula is C18H19N5O4. The van der Waals surface area contributed by atoms with Gasteiger partial charge in [0, 0.05) is 11.6 Å². The first-order valence-corrected chi connectivity index (χ1v) is 8.86. The first-order chi connectivity index (χ1) is 13.2. The Labute approximate surface area is 154 Å². The maximum atomic E-state index is 12.5. The molecule has 0 spiro atoms. The number of nitrogens with one attached hydrogen (secondary N) is 2.